The summed E-state index contributed by atoms with van der Waals surface area (Å²) in [5.74, 6) is 0.114. The zero-order valence-corrected chi connectivity index (χ0v) is 21.5. The highest BCUT2D eigenvalue weighted by Gasteiger charge is 2.59. The fraction of sp³-hybridized carbons (Fsp3) is 0.800. The van der Waals surface area contributed by atoms with Crippen LogP contribution in [0.2, 0.25) is 0 Å². The van der Waals surface area contributed by atoms with Crippen molar-refractivity contribution in [3.63, 3.8) is 0 Å². The van der Waals surface area contributed by atoms with Crippen molar-refractivity contribution >= 4 is 11.7 Å². The minimum atomic E-state index is -4.57. The molecule has 1 amide bonds. The van der Waals surface area contributed by atoms with Crippen LogP contribution >= 0.6 is 0 Å². The highest BCUT2D eigenvalue weighted by molar-refractivity contribution is 5.85. The fourth-order valence-corrected chi connectivity index (χ4v) is 6.74. The SMILES string of the molecule is COC1COCCC1NC1CCC(C(=O)N2CC3CC2CN3c2cncc(C(F)(F)F)n2)(C(C)(C)O)C1. The number of methoxy groups -OCH3 is 1. The first-order chi connectivity index (χ1) is 17.4. The Balaban J connectivity index is 1.29. The van der Waals surface area contributed by atoms with Gasteiger partial charge in [-0.25, -0.2) is 4.98 Å². The van der Waals surface area contributed by atoms with Gasteiger partial charge in [0.1, 0.15) is 5.82 Å². The number of nitrogens with one attached hydrogen (secondary N) is 1. The summed E-state index contributed by atoms with van der Waals surface area (Å²) < 4.78 is 50.5. The summed E-state index contributed by atoms with van der Waals surface area (Å²) in [4.78, 5) is 25.3. The molecule has 1 saturated carbocycles. The minimum Gasteiger partial charge on any atom is -0.389 e. The number of likely N-dealkylation sites (tertiary alicyclic amines) is 1. The van der Waals surface area contributed by atoms with Crippen LogP contribution in [0.15, 0.2) is 12.4 Å². The van der Waals surface area contributed by atoms with E-state index in [0.717, 1.165) is 19.0 Å². The van der Waals surface area contributed by atoms with Gasteiger partial charge in [-0.15, -0.1) is 0 Å². The molecule has 4 aliphatic rings. The lowest BCUT2D eigenvalue weighted by Gasteiger charge is -2.45. The number of anilines is 1. The number of ether oxygens (including phenoxy) is 2. The quantitative estimate of drug-likeness (QED) is 0.580. The first kappa shape index (κ1) is 26.6. The number of halogens is 3. The lowest BCUT2D eigenvalue weighted by atomic mass is 9.70. The van der Waals surface area contributed by atoms with E-state index in [0.29, 0.717) is 45.6 Å². The Morgan fingerprint density at radius 3 is 2.68 bits per heavy atom. The number of carbonyl (C=O) groups excluding carboxylic acids is 1. The number of aliphatic hydroxyl groups is 1. The average Bonchev–Trinajstić information content (AvgIpc) is 3.58. The summed E-state index contributed by atoms with van der Waals surface area (Å²) in [7, 11) is 1.67. The predicted octanol–water partition coefficient (Wildman–Crippen LogP) is 1.99. The number of rotatable bonds is 6. The van der Waals surface area contributed by atoms with Crippen molar-refractivity contribution in [2.75, 3.05) is 38.3 Å². The zero-order valence-electron chi connectivity index (χ0n) is 21.5. The number of carbonyl (C=O) groups is 1. The number of piperazine rings is 1. The van der Waals surface area contributed by atoms with Gasteiger partial charge in [-0.2, -0.15) is 13.2 Å². The van der Waals surface area contributed by atoms with Crippen LogP contribution in [0, 0.1) is 5.41 Å². The summed E-state index contributed by atoms with van der Waals surface area (Å²) in [6, 6.07) is -0.0896. The molecule has 206 valence electrons. The normalized spacial score (nSPS) is 34.4. The van der Waals surface area contributed by atoms with E-state index in [-0.39, 0.29) is 42.0 Å². The molecule has 3 saturated heterocycles. The molecule has 0 spiro atoms. The van der Waals surface area contributed by atoms with Crippen molar-refractivity contribution in [1.29, 1.82) is 0 Å². The van der Waals surface area contributed by atoms with Gasteiger partial charge >= 0.3 is 6.18 Å². The van der Waals surface area contributed by atoms with E-state index in [1.165, 1.54) is 6.20 Å². The summed E-state index contributed by atoms with van der Waals surface area (Å²) in [5.41, 5.74) is -3.19. The molecular weight excluding hydrogens is 491 g/mol. The number of fused-ring (bicyclic) bond motifs is 2. The van der Waals surface area contributed by atoms with Gasteiger partial charge in [0, 0.05) is 38.9 Å². The van der Waals surface area contributed by atoms with E-state index in [1.807, 2.05) is 9.80 Å². The Labute approximate surface area is 214 Å². The summed E-state index contributed by atoms with van der Waals surface area (Å²) in [6.45, 7) is 5.39. The zero-order chi connectivity index (χ0) is 26.6. The van der Waals surface area contributed by atoms with Crippen LogP contribution in [-0.4, -0.2) is 95.2 Å². The van der Waals surface area contributed by atoms with Crippen LogP contribution in [0.1, 0.15) is 51.6 Å². The third-order valence-electron chi connectivity index (χ3n) is 8.86. The number of nitrogens with zero attached hydrogens (tertiary/aromatic N) is 4. The highest BCUT2D eigenvalue weighted by Crippen LogP contribution is 2.50. The van der Waals surface area contributed by atoms with E-state index in [2.05, 4.69) is 15.3 Å². The second-order valence-corrected chi connectivity index (χ2v) is 11.4. The lowest BCUT2D eigenvalue weighted by molar-refractivity contribution is -0.159. The Morgan fingerprint density at radius 2 is 2.03 bits per heavy atom. The van der Waals surface area contributed by atoms with Gasteiger partial charge in [0.2, 0.25) is 5.91 Å². The van der Waals surface area contributed by atoms with Crippen molar-refractivity contribution in [3.8, 4) is 0 Å². The van der Waals surface area contributed by atoms with E-state index in [9.17, 15) is 23.1 Å². The highest BCUT2D eigenvalue weighted by atomic mass is 19.4. The van der Waals surface area contributed by atoms with Crippen molar-refractivity contribution < 1.29 is 32.5 Å². The van der Waals surface area contributed by atoms with Crippen molar-refractivity contribution in [1.82, 2.24) is 20.2 Å². The van der Waals surface area contributed by atoms with E-state index in [4.69, 9.17) is 9.47 Å². The van der Waals surface area contributed by atoms with E-state index >= 15 is 0 Å². The second-order valence-electron chi connectivity index (χ2n) is 11.4. The topological polar surface area (TPSA) is 100 Å². The third-order valence-corrected chi connectivity index (χ3v) is 8.86. The summed E-state index contributed by atoms with van der Waals surface area (Å²) >= 11 is 0. The van der Waals surface area contributed by atoms with Crippen LogP contribution in [0.5, 0.6) is 0 Å². The molecule has 4 fully saturated rings. The first-order valence-corrected chi connectivity index (χ1v) is 13.0. The molecule has 2 bridgehead atoms. The summed E-state index contributed by atoms with van der Waals surface area (Å²) in [5, 5.41) is 14.9. The standard InChI is InChI=1S/C25H36F3N5O4/c1-23(2,35)24(6-4-15(9-24)30-18-5-7-37-14-19(18)36-3)22(34)33-13-16-8-17(33)12-32(16)21-11-29-10-20(31-21)25(26,27)28/h10-11,15-19,30,35H,4-9,12-14H2,1-3H3. The van der Waals surface area contributed by atoms with Crippen LogP contribution in [0.3, 0.4) is 0 Å². The number of hydrogen-bond acceptors (Lipinski definition) is 8. The predicted molar refractivity (Wildman–Crippen MR) is 128 cm³/mol. The molecule has 4 heterocycles. The molecule has 3 aliphatic heterocycles. The van der Waals surface area contributed by atoms with Crippen molar-refractivity contribution in [2.45, 2.75) is 88.0 Å². The maximum absolute atomic E-state index is 14.1. The molecule has 6 atom stereocenters. The molecule has 6 unspecified atom stereocenters. The van der Waals surface area contributed by atoms with Gasteiger partial charge < -0.3 is 29.7 Å². The number of aromatic nitrogens is 2. The minimum absolute atomic E-state index is 0.0548. The van der Waals surface area contributed by atoms with Gasteiger partial charge in [-0.05, 0) is 46.0 Å². The monoisotopic (exact) mass is 527 g/mol. The van der Waals surface area contributed by atoms with Crippen LogP contribution in [-0.2, 0) is 20.4 Å². The van der Waals surface area contributed by atoms with Gasteiger partial charge in [0.05, 0.1) is 48.2 Å². The maximum atomic E-state index is 14.1. The maximum Gasteiger partial charge on any atom is 0.434 e. The van der Waals surface area contributed by atoms with Gasteiger partial charge in [0.15, 0.2) is 5.69 Å². The first-order valence-electron chi connectivity index (χ1n) is 13.0. The molecule has 5 rings (SSSR count). The Hall–Kier alpha value is -2.02. The molecule has 1 aromatic rings. The van der Waals surface area contributed by atoms with E-state index in [1.54, 1.807) is 21.0 Å². The van der Waals surface area contributed by atoms with Crippen LogP contribution in [0.25, 0.3) is 0 Å². The lowest BCUT2D eigenvalue weighted by Crippen LogP contribution is -2.59. The third kappa shape index (κ3) is 4.81. The number of amides is 1. The molecule has 2 N–H and O–H groups in total. The smallest absolute Gasteiger partial charge is 0.389 e. The molecule has 0 aromatic carbocycles. The molecule has 0 radical (unpaired) electrons. The number of alkyl halides is 3. The van der Waals surface area contributed by atoms with Crippen LogP contribution in [0.4, 0.5) is 19.0 Å². The number of hydrogen-bond donors (Lipinski definition) is 2. The fourth-order valence-electron chi connectivity index (χ4n) is 6.74. The molecule has 37 heavy (non-hydrogen) atoms. The van der Waals surface area contributed by atoms with Gasteiger partial charge in [-0.1, -0.05) is 0 Å². The van der Waals surface area contributed by atoms with Gasteiger partial charge in [-0.3, -0.25) is 9.78 Å². The second kappa shape index (κ2) is 9.62. The largest absolute Gasteiger partial charge is 0.434 e. The Bertz CT molecular complexity index is 1010. The average molecular weight is 528 g/mol. The summed E-state index contributed by atoms with van der Waals surface area (Å²) in [6.07, 6.45) is 0.762. The van der Waals surface area contributed by atoms with E-state index < -0.39 is 22.9 Å². The van der Waals surface area contributed by atoms with Crippen molar-refractivity contribution in [2.24, 2.45) is 5.41 Å². The van der Waals surface area contributed by atoms with Crippen molar-refractivity contribution in [3.05, 3.63) is 18.1 Å². The molecule has 9 nitrogen and oxygen atoms in total. The van der Waals surface area contributed by atoms with Crippen LogP contribution < -0.4 is 10.2 Å². The molecule has 12 heteroatoms. The Kier molecular flexibility index (Phi) is 6.91. The molecule has 1 aliphatic carbocycles. The molecular formula is C25H36F3N5O4. The Morgan fingerprint density at radius 1 is 1.24 bits per heavy atom. The van der Waals surface area contributed by atoms with Gasteiger partial charge in [0.25, 0.3) is 0 Å². The molecule has 1 aromatic heterocycles.